The number of carbonyl (C=O) groups is 2. The number of fused-ring (bicyclic) bond motifs is 1. The molecule has 1 aliphatic carbocycles. The second-order valence-electron chi connectivity index (χ2n) is 8.82. The van der Waals surface area contributed by atoms with Gasteiger partial charge in [-0.1, -0.05) is 12.1 Å². The average Bonchev–Trinajstić information content (AvgIpc) is 3.14. The normalized spacial score (nSPS) is 15.4. The molecule has 7 nitrogen and oxygen atoms in total. The van der Waals surface area contributed by atoms with Crippen LogP contribution in [0, 0.1) is 5.41 Å². The summed E-state index contributed by atoms with van der Waals surface area (Å²) in [6.45, 7) is 4.16. The number of amides is 1. The van der Waals surface area contributed by atoms with Crippen LogP contribution >= 0.6 is 0 Å². The van der Waals surface area contributed by atoms with Crippen molar-refractivity contribution in [3.05, 3.63) is 41.5 Å². The summed E-state index contributed by atoms with van der Waals surface area (Å²) in [5, 5.41) is 2.87. The zero-order valence-electron chi connectivity index (χ0n) is 18.9. The quantitative estimate of drug-likeness (QED) is 0.623. The zero-order valence-corrected chi connectivity index (χ0v) is 18.9. The van der Waals surface area contributed by atoms with Crippen molar-refractivity contribution in [2.45, 2.75) is 45.8 Å². The first-order chi connectivity index (χ1) is 15.4. The van der Waals surface area contributed by atoms with Gasteiger partial charge in [0.2, 0.25) is 5.75 Å². The van der Waals surface area contributed by atoms with E-state index < -0.39 is 5.41 Å². The molecule has 32 heavy (non-hydrogen) atoms. The third-order valence-electron chi connectivity index (χ3n) is 6.09. The van der Waals surface area contributed by atoms with E-state index in [1.807, 2.05) is 38.1 Å². The second-order valence-corrected chi connectivity index (χ2v) is 8.82. The highest BCUT2D eigenvalue weighted by atomic mass is 16.6. The summed E-state index contributed by atoms with van der Waals surface area (Å²) in [5.74, 6) is 1.04. The Labute approximate surface area is 188 Å². The van der Waals surface area contributed by atoms with Crippen molar-refractivity contribution in [2.24, 2.45) is 5.41 Å². The second kappa shape index (κ2) is 8.73. The Kier molecular flexibility index (Phi) is 6.00. The van der Waals surface area contributed by atoms with Gasteiger partial charge in [-0.15, -0.1) is 0 Å². The Balaban J connectivity index is 1.69. The first-order valence-electron chi connectivity index (χ1n) is 10.8. The minimum Gasteiger partial charge on any atom is -0.493 e. The van der Waals surface area contributed by atoms with Gasteiger partial charge >= 0.3 is 5.97 Å². The molecule has 1 aliphatic heterocycles. The molecule has 1 saturated carbocycles. The summed E-state index contributed by atoms with van der Waals surface area (Å²) in [5.41, 5.74) is 2.33. The molecular weight excluding hydrogens is 410 g/mol. The van der Waals surface area contributed by atoms with Crippen molar-refractivity contribution in [1.29, 1.82) is 0 Å². The van der Waals surface area contributed by atoms with Crippen LogP contribution in [0.15, 0.2) is 30.3 Å². The lowest BCUT2D eigenvalue weighted by Gasteiger charge is -2.30. The third kappa shape index (κ3) is 3.99. The number of benzene rings is 2. The molecule has 2 aliphatic rings. The van der Waals surface area contributed by atoms with Gasteiger partial charge in [0.25, 0.3) is 5.91 Å². The van der Waals surface area contributed by atoms with E-state index in [-0.39, 0.29) is 24.6 Å². The fourth-order valence-electron chi connectivity index (χ4n) is 3.87. The topological polar surface area (TPSA) is 83.1 Å². The number of nitrogens with one attached hydrogen (secondary N) is 1. The SMILES string of the molecule is COc1ccc(-c2cccc3c2CNC3=O)c(OCC(C)(C)C(=O)OC2CCC2)c1OC. The van der Waals surface area contributed by atoms with E-state index in [1.54, 1.807) is 20.3 Å². The molecule has 1 fully saturated rings. The minimum atomic E-state index is -0.850. The first kappa shape index (κ1) is 22.0. The molecule has 0 bridgehead atoms. The van der Waals surface area contributed by atoms with Gasteiger partial charge in [-0.25, -0.2) is 0 Å². The lowest BCUT2D eigenvalue weighted by molar-refractivity contribution is -0.165. The van der Waals surface area contributed by atoms with E-state index in [0.29, 0.717) is 29.4 Å². The van der Waals surface area contributed by atoms with Gasteiger partial charge in [0.05, 0.1) is 19.6 Å². The Hall–Kier alpha value is -3.22. The summed E-state index contributed by atoms with van der Waals surface area (Å²) < 4.78 is 23.0. The van der Waals surface area contributed by atoms with Gasteiger partial charge < -0.3 is 24.3 Å². The van der Waals surface area contributed by atoms with Crippen LogP contribution < -0.4 is 19.5 Å². The Morgan fingerprint density at radius 2 is 1.78 bits per heavy atom. The predicted octanol–water partition coefficient (Wildman–Crippen LogP) is 4.11. The maximum absolute atomic E-state index is 12.7. The molecule has 1 amide bonds. The van der Waals surface area contributed by atoms with Crippen molar-refractivity contribution < 1.29 is 28.5 Å². The molecule has 1 N–H and O–H groups in total. The number of hydrogen-bond donors (Lipinski definition) is 1. The standard InChI is InChI=1S/C25H29NO6/c1-25(2,24(28)32-15-7-5-8-15)14-31-21-17(11-12-20(29-3)22(21)30-4)16-9-6-10-18-19(16)13-26-23(18)27/h6,9-12,15H,5,7-8,13-14H2,1-4H3,(H,26,27). The summed E-state index contributed by atoms with van der Waals surface area (Å²) in [6, 6.07) is 9.29. The highest BCUT2D eigenvalue weighted by Gasteiger charge is 2.35. The van der Waals surface area contributed by atoms with Gasteiger partial charge in [0.15, 0.2) is 11.5 Å². The van der Waals surface area contributed by atoms with Crippen LogP contribution in [0.4, 0.5) is 0 Å². The molecule has 2 aromatic rings. The van der Waals surface area contributed by atoms with E-state index >= 15 is 0 Å². The van der Waals surface area contributed by atoms with Crippen LogP contribution in [0.5, 0.6) is 17.2 Å². The highest BCUT2D eigenvalue weighted by molar-refractivity contribution is 6.01. The summed E-state index contributed by atoms with van der Waals surface area (Å²) in [7, 11) is 3.11. The number of rotatable bonds is 8. The summed E-state index contributed by atoms with van der Waals surface area (Å²) >= 11 is 0. The zero-order chi connectivity index (χ0) is 22.9. The molecule has 1 heterocycles. The number of hydrogen-bond acceptors (Lipinski definition) is 6. The van der Waals surface area contributed by atoms with Crippen LogP contribution in [0.25, 0.3) is 11.1 Å². The molecule has 0 atom stereocenters. The van der Waals surface area contributed by atoms with Crippen LogP contribution in [0.3, 0.4) is 0 Å². The van der Waals surface area contributed by atoms with E-state index in [0.717, 1.165) is 36.0 Å². The van der Waals surface area contributed by atoms with Crippen molar-refractivity contribution in [3.63, 3.8) is 0 Å². The van der Waals surface area contributed by atoms with E-state index in [4.69, 9.17) is 18.9 Å². The summed E-state index contributed by atoms with van der Waals surface area (Å²) in [4.78, 5) is 24.9. The fraction of sp³-hybridized carbons (Fsp3) is 0.440. The highest BCUT2D eigenvalue weighted by Crippen LogP contribution is 2.46. The lowest BCUT2D eigenvalue weighted by Crippen LogP contribution is -2.37. The van der Waals surface area contributed by atoms with Crippen LogP contribution in [0.1, 0.15) is 49.0 Å². The minimum absolute atomic E-state index is 0.0145. The molecular formula is C25H29NO6. The predicted molar refractivity (Wildman–Crippen MR) is 119 cm³/mol. The lowest BCUT2D eigenvalue weighted by atomic mass is 9.92. The number of ether oxygens (including phenoxy) is 4. The molecule has 7 heteroatoms. The van der Waals surface area contributed by atoms with Crippen LogP contribution in [0.2, 0.25) is 0 Å². The van der Waals surface area contributed by atoms with Crippen molar-refractivity contribution in [1.82, 2.24) is 5.32 Å². The molecule has 0 saturated heterocycles. The van der Waals surface area contributed by atoms with E-state index in [2.05, 4.69) is 5.32 Å². The van der Waals surface area contributed by atoms with Gasteiger partial charge in [0.1, 0.15) is 12.7 Å². The van der Waals surface area contributed by atoms with E-state index in [9.17, 15) is 9.59 Å². The molecule has 0 radical (unpaired) electrons. The van der Waals surface area contributed by atoms with Gasteiger partial charge in [-0.2, -0.15) is 0 Å². The van der Waals surface area contributed by atoms with Gasteiger partial charge in [-0.05, 0) is 62.4 Å². The van der Waals surface area contributed by atoms with Crippen molar-refractivity contribution >= 4 is 11.9 Å². The molecule has 0 aromatic heterocycles. The molecule has 0 spiro atoms. The van der Waals surface area contributed by atoms with Gasteiger partial charge in [0, 0.05) is 17.7 Å². The molecule has 2 aromatic carbocycles. The maximum atomic E-state index is 12.7. The van der Waals surface area contributed by atoms with Crippen LogP contribution in [-0.2, 0) is 16.1 Å². The van der Waals surface area contributed by atoms with Crippen LogP contribution in [-0.4, -0.2) is 38.8 Å². The largest absolute Gasteiger partial charge is 0.493 e. The van der Waals surface area contributed by atoms with Gasteiger partial charge in [-0.3, -0.25) is 9.59 Å². The smallest absolute Gasteiger partial charge is 0.315 e. The van der Waals surface area contributed by atoms with Crippen molar-refractivity contribution in [2.75, 3.05) is 20.8 Å². The Morgan fingerprint density at radius 1 is 1.03 bits per heavy atom. The molecule has 0 unspecified atom stereocenters. The maximum Gasteiger partial charge on any atom is 0.315 e. The number of methoxy groups -OCH3 is 2. The van der Waals surface area contributed by atoms with Crippen molar-refractivity contribution in [3.8, 4) is 28.4 Å². The third-order valence-corrected chi connectivity index (χ3v) is 6.09. The Bertz CT molecular complexity index is 1040. The average molecular weight is 440 g/mol. The van der Waals surface area contributed by atoms with E-state index in [1.165, 1.54) is 0 Å². The molecule has 170 valence electrons. The first-order valence-corrected chi connectivity index (χ1v) is 10.8. The Morgan fingerprint density at radius 3 is 2.44 bits per heavy atom. The summed E-state index contributed by atoms with van der Waals surface area (Å²) in [6.07, 6.45) is 2.95. The number of esters is 1. The number of carbonyl (C=O) groups excluding carboxylic acids is 2. The molecule has 4 rings (SSSR count). The fourth-order valence-corrected chi connectivity index (χ4v) is 3.87. The monoisotopic (exact) mass is 439 g/mol.